The maximum Gasteiger partial charge on any atom is 0.242 e. The van der Waals surface area contributed by atoms with Crippen molar-refractivity contribution in [1.29, 1.82) is 0 Å². The van der Waals surface area contributed by atoms with Crippen LogP contribution in [0.1, 0.15) is 12.8 Å². The maximum absolute atomic E-state index is 10.3. The lowest BCUT2D eigenvalue weighted by Gasteiger charge is -2.06. The Hall–Kier alpha value is -2.96. The number of phenolic OH excluding ortho intramolecular Hbond substituents is 1. The van der Waals surface area contributed by atoms with Crippen molar-refractivity contribution < 1.29 is 5.11 Å². The number of phenols is 1. The number of hydrogen-bond donors (Lipinski definition) is 2. The molecule has 1 saturated carbocycles. The van der Waals surface area contributed by atoms with Gasteiger partial charge in [-0.2, -0.15) is 5.10 Å². The Morgan fingerprint density at radius 2 is 2.04 bits per heavy atom. The van der Waals surface area contributed by atoms with Crippen molar-refractivity contribution in [3.05, 3.63) is 36.8 Å². The summed E-state index contributed by atoms with van der Waals surface area (Å²) < 4.78 is 1.72. The SMILES string of the molecule is Cn1cc(-c2ccc(-c3cnc(NC4CC4)nn3)c(O)c2)cn1. The molecule has 2 aromatic heterocycles. The predicted octanol–water partition coefficient (Wildman–Crippen LogP) is 2.22. The molecule has 7 nitrogen and oxygen atoms in total. The molecule has 2 heterocycles. The van der Waals surface area contributed by atoms with Gasteiger partial charge >= 0.3 is 0 Å². The largest absolute Gasteiger partial charge is 0.507 e. The Labute approximate surface area is 133 Å². The predicted molar refractivity (Wildman–Crippen MR) is 85.8 cm³/mol. The number of aryl methyl sites for hydroxylation is 1. The van der Waals surface area contributed by atoms with Crippen LogP contribution in [0, 0.1) is 0 Å². The van der Waals surface area contributed by atoms with E-state index in [-0.39, 0.29) is 5.75 Å². The van der Waals surface area contributed by atoms with E-state index in [0.29, 0.717) is 23.2 Å². The minimum Gasteiger partial charge on any atom is -0.507 e. The molecule has 0 atom stereocenters. The molecule has 1 fully saturated rings. The van der Waals surface area contributed by atoms with Crippen LogP contribution in [0.5, 0.6) is 5.75 Å². The topological polar surface area (TPSA) is 88.8 Å². The maximum atomic E-state index is 10.3. The van der Waals surface area contributed by atoms with Gasteiger partial charge in [0.1, 0.15) is 11.4 Å². The van der Waals surface area contributed by atoms with Crippen molar-refractivity contribution >= 4 is 5.95 Å². The van der Waals surface area contributed by atoms with Crippen molar-refractivity contribution in [3.8, 4) is 28.1 Å². The highest BCUT2D eigenvalue weighted by molar-refractivity contribution is 5.73. The van der Waals surface area contributed by atoms with Gasteiger partial charge in [-0.1, -0.05) is 6.07 Å². The standard InChI is InChI=1S/C16H16N6O/c1-22-9-11(7-18-22)10-2-5-13(15(23)6-10)14-8-17-16(21-20-14)19-12-3-4-12/h2,5-9,12,23H,3-4H2,1H3,(H,17,19,21). The molecule has 0 aliphatic heterocycles. The Morgan fingerprint density at radius 3 is 2.65 bits per heavy atom. The summed E-state index contributed by atoms with van der Waals surface area (Å²) in [5.74, 6) is 0.674. The molecule has 2 N–H and O–H groups in total. The number of aromatic hydroxyl groups is 1. The molecule has 0 amide bonds. The van der Waals surface area contributed by atoms with Crippen molar-refractivity contribution in [1.82, 2.24) is 25.0 Å². The van der Waals surface area contributed by atoms with E-state index in [1.54, 1.807) is 23.1 Å². The number of aromatic nitrogens is 5. The summed E-state index contributed by atoms with van der Waals surface area (Å²) in [4.78, 5) is 4.25. The Morgan fingerprint density at radius 1 is 1.17 bits per heavy atom. The summed E-state index contributed by atoms with van der Waals surface area (Å²) in [5.41, 5.74) is 2.99. The molecule has 3 aromatic rings. The zero-order valence-electron chi connectivity index (χ0n) is 12.6. The highest BCUT2D eigenvalue weighted by atomic mass is 16.3. The Balaban J connectivity index is 1.60. The van der Waals surface area contributed by atoms with Crippen LogP contribution in [-0.4, -0.2) is 36.1 Å². The average Bonchev–Trinajstić information content (AvgIpc) is 3.26. The lowest BCUT2D eigenvalue weighted by molar-refractivity contribution is 0.477. The molecule has 0 unspecified atom stereocenters. The summed E-state index contributed by atoms with van der Waals surface area (Å²) in [7, 11) is 1.86. The van der Waals surface area contributed by atoms with Crippen molar-refractivity contribution in [2.75, 3.05) is 5.32 Å². The van der Waals surface area contributed by atoms with Crippen LogP contribution in [0.25, 0.3) is 22.4 Å². The van der Waals surface area contributed by atoms with Gasteiger partial charge in [0.15, 0.2) is 0 Å². The third-order valence-corrected chi connectivity index (χ3v) is 3.78. The van der Waals surface area contributed by atoms with E-state index >= 15 is 0 Å². The van der Waals surface area contributed by atoms with Crippen LogP contribution in [-0.2, 0) is 7.05 Å². The van der Waals surface area contributed by atoms with E-state index in [4.69, 9.17) is 0 Å². The van der Waals surface area contributed by atoms with E-state index in [1.165, 1.54) is 0 Å². The molecule has 0 spiro atoms. The number of hydrogen-bond acceptors (Lipinski definition) is 6. The molecule has 4 rings (SSSR count). The second kappa shape index (κ2) is 5.35. The normalized spacial score (nSPS) is 14.0. The molecular formula is C16H16N6O. The van der Waals surface area contributed by atoms with Gasteiger partial charge in [-0.05, 0) is 30.5 Å². The van der Waals surface area contributed by atoms with E-state index in [1.807, 2.05) is 25.4 Å². The van der Waals surface area contributed by atoms with E-state index in [2.05, 4.69) is 25.6 Å². The summed E-state index contributed by atoms with van der Waals surface area (Å²) in [6.07, 6.45) is 7.59. The van der Waals surface area contributed by atoms with Crippen LogP contribution in [0.4, 0.5) is 5.95 Å². The zero-order chi connectivity index (χ0) is 15.8. The van der Waals surface area contributed by atoms with Crippen molar-refractivity contribution in [2.45, 2.75) is 18.9 Å². The molecule has 0 bridgehead atoms. The quantitative estimate of drug-likeness (QED) is 0.768. The highest BCUT2D eigenvalue weighted by Gasteiger charge is 2.22. The molecule has 7 heteroatoms. The van der Waals surface area contributed by atoms with Crippen LogP contribution >= 0.6 is 0 Å². The summed E-state index contributed by atoms with van der Waals surface area (Å²) in [5, 5.41) is 25.8. The van der Waals surface area contributed by atoms with Crippen LogP contribution in [0.2, 0.25) is 0 Å². The summed E-state index contributed by atoms with van der Waals surface area (Å²) in [6, 6.07) is 5.92. The van der Waals surface area contributed by atoms with Gasteiger partial charge in [0.25, 0.3) is 0 Å². The molecule has 23 heavy (non-hydrogen) atoms. The van der Waals surface area contributed by atoms with Gasteiger partial charge in [0.05, 0.1) is 12.4 Å². The summed E-state index contributed by atoms with van der Waals surface area (Å²) >= 11 is 0. The first kappa shape index (κ1) is 13.7. The molecule has 1 aromatic carbocycles. The van der Waals surface area contributed by atoms with Crippen molar-refractivity contribution in [3.63, 3.8) is 0 Å². The molecule has 0 radical (unpaired) electrons. The zero-order valence-corrected chi connectivity index (χ0v) is 12.6. The number of nitrogens with one attached hydrogen (secondary N) is 1. The minimum absolute atomic E-state index is 0.144. The monoisotopic (exact) mass is 308 g/mol. The van der Waals surface area contributed by atoms with E-state index < -0.39 is 0 Å². The number of benzene rings is 1. The number of anilines is 1. The highest BCUT2D eigenvalue weighted by Crippen LogP contribution is 2.32. The number of rotatable bonds is 4. The Kier molecular flexibility index (Phi) is 3.18. The van der Waals surface area contributed by atoms with Gasteiger partial charge < -0.3 is 10.4 Å². The van der Waals surface area contributed by atoms with Gasteiger partial charge in [-0.15, -0.1) is 10.2 Å². The Bertz CT molecular complexity index is 838. The minimum atomic E-state index is 0.144. The average molecular weight is 308 g/mol. The molecule has 116 valence electrons. The second-order valence-electron chi connectivity index (χ2n) is 5.72. The molecule has 1 aliphatic carbocycles. The fourth-order valence-electron chi connectivity index (χ4n) is 2.37. The first-order chi connectivity index (χ1) is 11.2. The van der Waals surface area contributed by atoms with Gasteiger partial charge in [-0.25, -0.2) is 4.98 Å². The first-order valence-electron chi connectivity index (χ1n) is 7.48. The molecular weight excluding hydrogens is 292 g/mol. The van der Waals surface area contributed by atoms with E-state index in [9.17, 15) is 5.11 Å². The first-order valence-corrected chi connectivity index (χ1v) is 7.48. The molecule has 1 aliphatic rings. The van der Waals surface area contributed by atoms with Gasteiger partial charge in [0.2, 0.25) is 5.95 Å². The van der Waals surface area contributed by atoms with Crippen LogP contribution < -0.4 is 5.32 Å². The van der Waals surface area contributed by atoms with Crippen molar-refractivity contribution in [2.24, 2.45) is 7.05 Å². The molecule has 0 saturated heterocycles. The summed E-state index contributed by atoms with van der Waals surface area (Å²) in [6.45, 7) is 0. The second-order valence-corrected chi connectivity index (χ2v) is 5.72. The van der Waals surface area contributed by atoms with Gasteiger partial charge in [0, 0.05) is 30.4 Å². The van der Waals surface area contributed by atoms with E-state index in [0.717, 1.165) is 24.0 Å². The smallest absolute Gasteiger partial charge is 0.242 e. The fraction of sp³-hybridized carbons (Fsp3) is 0.250. The third kappa shape index (κ3) is 2.85. The lowest BCUT2D eigenvalue weighted by Crippen LogP contribution is -2.06. The van der Waals surface area contributed by atoms with Gasteiger partial charge in [-0.3, -0.25) is 4.68 Å². The lowest BCUT2D eigenvalue weighted by atomic mass is 10.0. The van der Waals surface area contributed by atoms with Crippen LogP contribution in [0.15, 0.2) is 36.8 Å². The fourth-order valence-corrected chi connectivity index (χ4v) is 2.37. The number of nitrogens with zero attached hydrogens (tertiary/aromatic N) is 5. The van der Waals surface area contributed by atoms with Crippen LogP contribution in [0.3, 0.4) is 0 Å². The third-order valence-electron chi connectivity index (χ3n) is 3.78.